The summed E-state index contributed by atoms with van der Waals surface area (Å²) in [5.41, 5.74) is 2.75. The number of nitrogens with zero attached hydrogens (tertiary/aromatic N) is 2. The third-order valence-corrected chi connectivity index (χ3v) is 5.67. The molecule has 184 valence electrons. The molecule has 2 atom stereocenters. The summed E-state index contributed by atoms with van der Waals surface area (Å²) in [6, 6.07) is 19.1. The van der Waals surface area contributed by atoms with Crippen LogP contribution < -0.4 is 0 Å². The normalized spacial score (nSPS) is 16.3. The standard InChI is InChI=1S/C27H27F3N2O3/c28-22-9-6-20(7-10-22)27-13-25(35-31-27)16-32(14-21-8-11-23(29)12-26(21)30)15-24(33)18-34-17-19-4-2-1-3-5-19/h1-12,24-25,33H,13-18H2/t24-,25+/m1/s1. The zero-order chi connectivity index (χ0) is 24.6. The van der Waals surface area contributed by atoms with Gasteiger partial charge in [-0.2, -0.15) is 0 Å². The molecule has 1 aliphatic heterocycles. The molecule has 0 saturated heterocycles. The molecular weight excluding hydrogens is 457 g/mol. The topological polar surface area (TPSA) is 54.3 Å². The van der Waals surface area contributed by atoms with Gasteiger partial charge < -0.3 is 14.7 Å². The van der Waals surface area contributed by atoms with Crippen LogP contribution in [0.3, 0.4) is 0 Å². The maximum Gasteiger partial charge on any atom is 0.145 e. The third-order valence-electron chi connectivity index (χ3n) is 5.67. The van der Waals surface area contributed by atoms with Gasteiger partial charge in [-0.15, -0.1) is 0 Å². The van der Waals surface area contributed by atoms with Crippen molar-refractivity contribution in [2.24, 2.45) is 5.16 Å². The van der Waals surface area contributed by atoms with Gasteiger partial charge >= 0.3 is 0 Å². The van der Waals surface area contributed by atoms with Gasteiger partial charge in [0.2, 0.25) is 0 Å². The molecule has 0 aromatic heterocycles. The van der Waals surface area contributed by atoms with Crippen molar-refractivity contribution in [3.05, 3.63) is 107 Å². The van der Waals surface area contributed by atoms with Crippen LogP contribution in [-0.2, 0) is 22.7 Å². The van der Waals surface area contributed by atoms with Gasteiger partial charge in [-0.05, 0) is 29.3 Å². The van der Waals surface area contributed by atoms with Crippen LogP contribution in [0.4, 0.5) is 13.2 Å². The van der Waals surface area contributed by atoms with Gasteiger partial charge in [0.25, 0.3) is 0 Å². The van der Waals surface area contributed by atoms with Crippen molar-refractivity contribution in [2.75, 3.05) is 19.7 Å². The largest absolute Gasteiger partial charge is 0.390 e. The van der Waals surface area contributed by atoms with Crippen molar-refractivity contribution in [1.29, 1.82) is 0 Å². The minimum Gasteiger partial charge on any atom is -0.390 e. The monoisotopic (exact) mass is 484 g/mol. The first-order valence-electron chi connectivity index (χ1n) is 11.4. The molecule has 35 heavy (non-hydrogen) atoms. The minimum atomic E-state index is -0.832. The summed E-state index contributed by atoms with van der Waals surface area (Å²) in [5.74, 6) is -1.63. The highest BCUT2D eigenvalue weighted by molar-refractivity contribution is 6.01. The van der Waals surface area contributed by atoms with E-state index in [2.05, 4.69) is 5.16 Å². The van der Waals surface area contributed by atoms with E-state index in [1.165, 1.54) is 24.3 Å². The first kappa shape index (κ1) is 24.9. The summed E-state index contributed by atoms with van der Waals surface area (Å²) >= 11 is 0. The van der Waals surface area contributed by atoms with Gasteiger partial charge in [0.15, 0.2) is 0 Å². The van der Waals surface area contributed by atoms with E-state index in [-0.39, 0.29) is 31.6 Å². The SMILES string of the molecule is O[C@@H](COCc1ccccc1)CN(Cc1ccc(F)cc1F)C[C@@H]1CC(c2ccc(F)cc2)=NO1. The lowest BCUT2D eigenvalue weighted by Crippen LogP contribution is -2.39. The maximum atomic E-state index is 14.3. The Hall–Kier alpha value is -3.20. The third kappa shape index (κ3) is 7.39. The number of halogens is 3. The number of aliphatic hydroxyl groups is 1. The fourth-order valence-corrected chi connectivity index (χ4v) is 3.96. The van der Waals surface area contributed by atoms with E-state index in [1.54, 1.807) is 12.1 Å². The average molecular weight is 485 g/mol. The van der Waals surface area contributed by atoms with Crippen LogP contribution >= 0.6 is 0 Å². The van der Waals surface area contributed by atoms with Crippen molar-refractivity contribution in [1.82, 2.24) is 4.90 Å². The first-order chi connectivity index (χ1) is 17.0. The van der Waals surface area contributed by atoms with Gasteiger partial charge in [0, 0.05) is 37.7 Å². The lowest BCUT2D eigenvalue weighted by Gasteiger charge is -2.27. The summed E-state index contributed by atoms with van der Waals surface area (Å²) in [4.78, 5) is 7.41. The van der Waals surface area contributed by atoms with E-state index in [0.29, 0.717) is 30.8 Å². The van der Waals surface area contributed by atoms with Gasteiger partial charge in [0.1, 0.15) is 23.6 Å². The van der Waals surface area contributed by atoms with E-state index >= 15 is 0 Å². The van der Waals surface area contributed by atoms with E-state index < -0.39 is 17.7 Å². The average Bonchev–Trinajstić information content (AvgIpc) is 3.30. The fourth-order valence-electron chi connectivity index (χ4n) is 3.96. The second kappa shape index (κ2) is 12.0. The van der Waals surface area contributed by atoms with Crippen molar-refractivity contribution >= 4 is 5.71 Å². The molecule has 0 spiro atoms. The minimum absolute atomic E-state index is 0.0974. The molecule has 4 rings (SSSR count). The van der Waals surface area contributed by atoms with Gasteiger partial charge in [-0.25, -0.2) is 13.2 Å². The molecule has 0 unspecified atom stereocenters. The highest BCUT2D eigenvalue weighted by Gasteiger charge is 2.26. The van der Waals surface area contributed by atoms with Crippen LogP contribution in [0, 0.1) is 17.5 Å². The van der Waals surface area contributed by atoms with Crippen molar-refractivity contribution in [3.8, 4) is 0 Å². The van der Waals surface area contributed by atoms with E-state index in [1.807, 2.05) is 35.2 Å². The van der Waals surface area contributed by atoms with Gasteiger partial charge in [0.05, 0.1) is 25.0 Å². The van der Waals surface area contributed by atoms with Crippen molar-refractivity contribution in [3.63, 3.8) is 0 Å². The van der Waals surface area contributed by atoms with Crippen molar-refractivity contribution in [2.45, 2.75) is 31.8 Å². The maximum absolute atomic E-state index is 14.3. The molecule has 0 radical (unpaired) electrons. The number of rotatable bonds is 11. The Morgan fingerprint density at radius 3 is 2.49 bits per heavy atom. The van der Waals surface area contributed by atoms with Crippen LogP contribution in [0.2, 0.25) is 0 Å². The zero-order valence-corrected chi connectivity index (χ0v) is 19.1. The van der Waals surface area contributed by atoms with Crippen LogP contribution in [-0.4, -0.2) is 47.6 Å². The Morgan fingerprint density at radius 1 is 1.00 bits per heavy atom. The number of oxime groups is 1. The summed E-state index contributed by atoms with van der Waals surface area (Å²) < 4.78 is 46.6. The molecule has 1 N–H and O–H groups in total. The number of benzene rings is 3. The van der Waals surface area contributed by atoms with Crippen LogP contribution in [0.1, 0.15) is 23.1 Å². The molecule has 1 heterocycles. The molecule has 0 aliphatic carbocycles. The molecule has 0 bridgehead atoms. The Balaban J connectivity index is 1.36. The van der Waals surface area contributed by atoms with E-state index in [4.69, 9.17) is 9.57 Å². The highest BCUT2D eigenvalue weighted by Crippen LogP contribution is 2.20. The Bertz CT molecular complexity index is 1130. The van der Waals surface area contributed by atoms with E-state index in [9.17, 15) is 18.3 Å². The number of hydrogen-bond acceptors (Lipinski definition) is 5. The Labute approximate surface area is 202 Å². The lowest BCUT2D eigenvalue weighted by atomic mass is 10.0. The smallest absolute Gasteiger partial charge is 0.145 e. The number of ether oxygens (including phenoxy) is 1. The second-order valence-corrected chi connectivity index (χ2v) is 8.56. The molecule has 0 amide bonds. The fraction of sp³-hybridized carbons (Fsp3) is 0.296. The predicted molar refractivity (Wildman–Crippen MR) is 126 cm³/mol. The molecule has 3 aromatic rings. The summed E-state index contributed by atoms with van der Waals surface area (Å²) in [7, 11) is 0. The van der Waals surface area contributed by atoms with Crippen LogP contribution in [0.25, 0.3) is 0 Å². The molecule has 1 aliphatic rings. The van der Waals surface area contributed by atoms with Gasteiger partial charge in [-0.1, -0.05) is 53.7 Å². The second-order valence-electron chi connectivity index (χ2n) is 8.56. The van der Waals surface area contributed by atoms with Crippen molar-refractivity contribution < 1.29 is 27.9 Å². The summed E-state index contributed by atoms with van der Waals surface area (Å²) in [5, 5.41) is 14.7. The Kier molecular flexibility index (Phi) is 8.52. The number of aliphatic hydroxyl groups excluding tert-OH is 1. The molecule has 0 fully saturated rings. The molecule has 8 heteroatoms. The quantitative estimate of drug-likeness (QED) is 0.430. The molecular formula is C27H27F3N2O3. The highest BCUT2D eigenvalue weighted by atomic mass is 19.1. The zero-order valence-electron chi connectivity index (χ0n) is 19.1. The summed E-state index contributed by atoms with van der Waals surface area (Å²) in [6.45, 7) is 1.15. The first-order valence-corrected chi connectivity index (χ1v) is 11.4. The molecule has 5 nitrogen and oxygen atoms in total. The summed E-state index contributed by atoms with van der Waals surface area (Å²) in [6.07, 6.45) is -0.689. The van der Waals surface area contributed by atoms with Crippen LogP contribution in [0.15, 0.2) is 78.0 Å². The predicted octanol–water partition coefficient (Wildman–Crippen LogP) is 4.68. The Morgan fingerprint density at radius 2 is 1.74 bits per heavy atom. The lowest BCUT2D eigenvalue weighted by molar-refractivity contribution is -0.00671. The molecule has 3 aromatic carbocycles. The van der Waals surface area contributed by atoms with Gasteiger partial charge in [-0.3, -0.25) is 4.90 Å². The van der Waals surface area contributed by atoms with E-state index in [0.717, 1.165) is 17.2 Å². The number of hydrogen-bond donors (Lipinski definition) is 1. The molecule has 0 saturated carbocycles. The van der Waals surface area contributed by atoms with Crippen LogP contribution in [0.5, 0.6) is 0 Å².